The van der Waals surface area contributed by atoms with Gasteiger partial charge in [0.1, 0.15) is 5.01 Å². The Morgan fingerprint density at radius 1 is 1.12 bits per heavy atom. The molecule has 3 aromatic rings. The molecule has 1 fully saturated rings. The molecule has 1 saturated heterocycles. The highest BCUT2D eigenvalue weighted by Gasteiger charge is 2.39. The highest BCUT2D eigenvalue weighted by atomic mass is 32.2. The molecule has 1 N–H and O–H groups in total. The topological polar surface area (TPSA) is 111 Å². The Hall–Kier alpha value is -3.02. The van der Waals surface area contributed by atoms with Crippen LogP contribution in [0.25, 0.3) is 0 Å². The first-order valence-corrected chi connectivity index (χ1v) is 12.7. The molecule has 1 amide bonds. The maximum atomic E-state index is 13.4. The van der Waals surface area contributed by atoms with E-state index in [1.807, 2.05) is 19.1 Å². The van der Waals surface area contributed by atoms with Crippen LogP contribution in [-0.2, 0) is 10.0 Å². The summed E-state index contributed by atoms with van der Waals surface area (Å²) in [7, 11) is -3.71. The lowest BCUT2D eigenvalue weighted by Crippen LogP contribution is -2.31. The normalized spacial score (nSPS) is 17.9. The van der Waals surface area contributed by atoms with Crippen LogP contribution in [0.5, 0.6) is 11.5 Å². The van der Waals surface area contributed by atoms with Crippen molar-refractivity contribution in [1.29, 1.82) is 0 Å². The number of rotatable bonds is 5. The standard InChI is InChI=1S/C22H22N4O5S2/c1-13-5-6-14(2)19(10-13)33(28,29)26-9-3-4-16(26)21-24-25-22(32-21)20(27)23-15-7-8-17-18(11-15)31-12-30-17/h5-8,10-11,16H,3-4,9,12H2,1-2H3,(H,23,27). The van der Waals surface area contributed by atoms with Crippen molar-refractivity contribution in [1.82, 2.24) is 14.5 Å². The van der Waals surface area contributed by atoms with E-state index >= 15 is 0 Å². The van der Waals surface area contributed by atoms with Gasteiger partial charge in [-0.15, -0.1) is 10.2 Å². The van der Waals surface area contributed by atoms with Crippen molar-refractivity contribution in [2.75, 3.05) is 18.7 Å². The van der Waals surface area contributed by atoms with Gasteiger partial charge in [-0.1, -0.05) is 23.5 Å². The van der Waals surface area contributed by atoms with Crippen molar-refractivity contribution >= 4 is 33.0 Å². The number of nitrogens with one attached hydrogen (secondary N) is 1. The van der Waals surface area contributed by atoms with E-state index in [2.05, 4.69) is 15.5 Å². The monoisotopic (exact) mass is 486 g/mol. The minimum absolute atomic E-state index is 0.148. The second-order valence-corrected chi connectivity index (χ2v) is 10.9. The van der Waals surface area contributed by atoms with Crippen molar-refractivity contribution < 1.29 is 22.7 Å². The van der Waals surface area contributed by atoms with Crippen LogP contribution in [0.3, 0.4) is 0 Å². The summed E-state index contributed by atoms with van der Waals surface area (Å²) < 4.78 is 39.0. The van der Waals surface area contributed by atoms with Gasteiger partial charge in [-0.05, 0) is 56.0 Å². The van der Waals surface area contributed by atoms with Gasteiger partial charge < -0.3 is 14.8 Å². The summed E-state index contributed by atoms with van der Waals surface area (Å²) in [4.78, 5) is 13.0. The molecule has 2 aromatic carbocycles. The Morgan fingerprint density at radius 2 is 1.94 bits per heavy atom. The second-order valence-electron chi connectivity index (χ2n) is 8.01. The molecule has 1 aromatic heterocycles. The molecule has 1 unspecified atom stereocenters. The average molecular weight is 487 g/mol. The van der Waals surface area contributed by atoms with E-state index in [9.17, 15) is 13.2 Å². The fraction of sp³-hybridized carbons (Fsp3) is 0.318. The van der Waals surface area contributed by atoms with Gasteiger partial charge in [0.05, 0.1) is 10.9 Å². The molecule has 0 aliphatic carbocycles. The quantitative estimate of drug-likeness (QED) is 0.586. The highest BCUT2D eigenvalue weighted by Crippen LogP contribution is 2.39. The number of carbonyl (C=O) groups is 1. The Labute approximate surface area is 195 Å². The molecule has 11 heteroatoms. The van der Waals surface area contributed by atoms with Gasteiger partial charge in [-0.2, -0.15) is 4.31 Å². The summed E-state index contributed by atoms with van der Waals surface area (Å²) in [5.41, 5.74) is 2.13. The van der Waals surface area contributed by atoms with Gasteiger partial charge in [-0.3, -0.25) is 4.79 Å². The highest BCUT2D eigenvalue weighted by molar-refractivity contribution is 7.89. The smallest absolute Gasteiger partial charge is 0.286 e. The summed E-state index contributed by atoms with van der Waals surface area (Å²) in [6, 6.07) is 10.1. The number of hydrogen-bond donors (Lipinski definition) is 1. The van der Waals surface area contributed by atoms with Crippen LogP contribution in [0.2, 0.25) is 0 Å². The first kappa shape index (κ1) is 21.8. The second kappa shape index (κ2) is 8.40. The Bertz CT molecular complexity index is 1340. The number of anilines is 1. The summed E-state index contributed by atoms with van der Waals surface area (Å²) in [5, 5.41) is 11.7. The number of sulfonamides is 1. The lowest BCUT2D eigenvalue weighted by molar-refractivity contribution is 0.102. The summed E-state index contributed by atoms with van der Waals surface area (Å²) >= 11 is 1.11. The molecule has 2 aliphatic heterocycles. The SMILES string of the molecule is Cc1ccc(C)c(S(=O)(=O)N2CCCC2c2nnc(C(=O)Nc3ccc4c(c3)OCO4)s2)c1. The van der Waals surface area contributed by atoms with Gasteiger partial charge in [0.25, 0.3) is 5.91 Å². The fourth-order valence-corrected chi connectivity index (χ4v) is 6.93. The summed E-state index contributed by atoms with van der Waals surface area (Å²) in [6.07, 6.45) is 1.34. The Morgan fingerprint density at radius 3 is 2.79 bits per heavy atom. The van der Waals surface area contributed by atoms with Crippen LogP contribution in [0.15, 0.2) is 41.3 Å². The molecular formula is C22H22N4O5S2. The van der Waals surface area contributed by atoms with E-state index in [1.54, 1.807) is 31.2 Å². The third-order valence-electron chi connectivity index (χ3n) is 5.68. The first-order valence-electron chi connectivity index (χ1n) is 10.5. The van der Waals surface area contributed by atoms with Gasteiger partial charge in [0, 0.05) is 18.3 Å². The minimum Gasteiger partial charge on any atom is -0.454 e. The van der Waals surface area contributed by atoms with E-state index in [0.29, 0.717) is 52.0 Å². The van der Waals surface area contributed by atoms with Crippen LogP contribution in [0.4, 0.5) is 5.69 Å². The molecule has 1 atom stereocenters. The molecule has 0 radical (unpaired) electrons. The van der Waals surface area contributed by atoms with E-state index < -0.39 is 22.0 Å². The number of aromatic nitrogens is 2. The van der Waals surface area contributed by atoms with E-state index in [-0.39, 0.29) is 11.8 Å². The van der Waals surface area contributed by atoms with Gasteiger partial charge >= 0.3 is 0 Å². The van der Waals surface area contributed by atoms with E-state index in [0.717, 1.165) is 16.9 Å². The van der Waals surface area contributed by atoms with Crippen molar-refractivity contribution in [3.8, 4) is 11.5 Å². The molecule has 172 valence electrons. The molecule has 5 rings (SSSR count). The van der Waals surface area contributed by atoms with Crippen LogP contribution in [0, 0.1) is 13.8 Å². The molecule has 0 spiro atoms. The third-order valence-corrected chi connectivity index (χ3v) is 8.76. The number of benzene rings is 2. The minimum atomic E-state index is -3.71. The third kappa shape index (κ3) is 4.07. The number of nitrogens with zero attached hydrogens (tertiary/aromatic N) is 3. The first-order chi connectivity index (χ1) is 15.8. The fourth-order valence-electron chi connectivity index (χ4n) is 4.01. The molecule has 3 heterocycles. The number of aryl methyl sites for hydroxylation is 2. The average Bonchev–Trinajstić information content (AvgIpc) is 3.54. The van der Waals surface area contributed by atoms with Gasteiger partial charge in [0.15, 0.2) is 11.5 Å². The van der Waals surface area contributed by atoms with Crippen molar-refractivity contribution in [3.63, 3.8) is 0 Å². The zero-order valence-corrected chi connectivity index (χ0v) is 19.7. The molecule has 2 aliphatic rings. The Kier molecular flexibility index (Phi) is 5.55. The van der Waals surface area contributed by atoms with Crippen molar-refractivity contribution in [3.05, 3.63) is 57.5 Å². The lowest BCUT2D eigenvalue weighted by atomic mass is 10.2. The molecule has 0 saturated carbocycles. The maximum absolute atomic E-state index is 13.4. The number of hydrogen-bond acceptors (Lipinski definition) is 8. The Balaban J connectivity index is 1.36. The summed E-state index contributed by atoms with van der Waals surface area (Å²) in [6.45, 7) is 4.21. The van der Waals surface area contributed by atoms with E-state index in [1.165, 1.54) is 4.31 Å². The van der Waals surface area contributed by atoms with Crippen molar-refractivity contribution in [2.45, 2.75) is 37.6 Å². The van der Waals surface area contributed by atoms with Gasteiger partial charge in [0.2, 0.25) is 21.8 Å². The predicted molar refractivity (Wildman–Crippen MR) is 122 cm³/mol. The number of carbonyl (C=O) groups excluding carboxylic acids is 1. The van der Waals surface area contributed by atoms with Crippen LogP contribution in [-0.4, -0.2) is 42.2 Å². The number of fused-ring (bicyclic) bond motifs is 1. The van der Waals surface area contributed by atoms with E-state index in [4.69, 9.17) is 9.47 Å². The molecule has 0 bridgehead atoms. The van der Waals surface area contributed by atoms with Gasteiger partial charge in [-0.25, -0.2) is 8.42 Å². The summed E-state index contributed by atoms with van der Waals surface area (Å²) in [5.74, 6) is 0.765. The predicted octanol–water partition coefficient (Wildman–Crippen LogP) is 3.66. The maximum Gasteiger partial charge on any atom is 0.286 e. The van der Waals surface area contributed by atoms with Crippen LogP contribution >= 0.6 is 11.3 Å². The van der Waals surface area contributed by atoms with Crippen LogP contribution in [0.1, 0.15) is 44.8 Å². The van der Waals surface area contributed by atoms with Crippen molar-refractivity contribution in [2.24, 2.45) is 0 Å². The molecular weight excluding hydrogens is 464 g/mol. The largest absolute Gasteiger partial charge is 0.454 e. The number of ether oxygens (including phenoxy) is 2. The lowest BCUT2D eigenvalue weighted by Gasteiger charge is -2.23. The molecule has 9 nitrogen and oxygen atoms in total. The number of amides is 1. The van der Waals surface area contributed by atoms with Crippen LogP contribution < -0.4 is 14.8 Å². The zero-order valence-electron chi connectivity index (χ0n) is 18.1. The zero-order chi connectivity index (χ0) is 23.2. The molecule has 33 heavy (non-hydrogen) atoms.